The number of phenols is 1. The number of hydrogen-bond donors (Lipinski definition) is 2. The third-order valence-corrected chi connectivity index (χ3v) is 6.23. The standard InChI is InChI=1S/C24H21NO3S/c1-24(2,3)15-10-6-7-11-17(15)29-18-12-16(26)19-20(21(18)25)23(28)14-9-5-4-8-13(14)22(19)27/h4-12,26H,25H2,1-3H3. The molecule has 0 unspecified atom stereocenters. The van der Waals surface area contributed by atoms with Crippen molar-refractivity contribution >= 4 is 29.0 Å². The van der Waals surface area contributed by atoms with Crippen LogP contribution in [0, 0.1) is 0 Å². The second-order valence-electron chi connectivity index (χ2n) is 8.11. The molecule has 0 radical (unpaired) electrons. The number of carbonyl (C=O) groups excluding carboxylic acids is 2. The van der Waals surface area contributed by atoms with Gasteiger partial charge in [0.25, 0.3) is 0 Å². The van der Waals surface area contributed by atoms with Crippen molar-refractivity contribution in [2.75, 3.05) is 5.73 Å². The fourth-order valence-corrected chi connectivity index (χ4v) is 4.90. The number of benzene rings is 3. The first-order chi connectivity index (χ1) is 13.7. The highest BCUT2D eigenvalue weighted by Gasteiger charge is 2.35. The molecule has 0 saturated heterocycles. The summed E-state index contributed by atoms with van der Waals surface area (Å²) in [6, 6.07) is 16.1. The quantitative estimate of drug-likeness (QED) is 0.355. The highest BCUT2D eigenvalue weighted by molar-refractivity contribution is 7.99. The Labute approximate surface area is 173 Å². The van der Waals surface area contributed by atoms with Crippen molar-refractivity contribution in [3.8, 4) is 5.75 Å². The minimum atomic E-state index is -0.383. The first-order valence-electron chi connectivity index (χ1n) is 9.31. The minimum Gasteiger partial charge on any atom is -0.507 e. The Hall–Kier alpha value is -3.05. The van der Waals surface area contributed by atoms with Crippen molar-refractivity contribution in [3.63, 3.8) is 0 Å². The highest BCUT2D eigenvalue weighted by Crippen LogP contribution is 2.45. The summed E-state index contributed by atoms with van der Waals surface area (Å²) >= 11 is 1.39. The van der Waals surface area contributed by atoms with Gasteiger partial charge in [-0.1, -0.05) is 75.0 Å². The van der Waals surface area contributed by atoms with Crippen LogP contribution in [0.25, 0.3) is 0 Å². The van der Waals surface area contributed by atoms with Crippen molar-refractivity contribution < 1.29 is 14.7 Å². The van der Waals surface area contributed by atoms with Crippen molar-refractivity contribution in [2.45, 2.75) is 36.0 Å². The highest BCUT2D eigenvalue weighted by atomic mass is 32.2. The molecule has 5 heteroatoms. The average Bonchev–Trinajstić information content (AvgIpc) is 2.68. The third-order valence-electron chi connectivity index (χ3n) is 5.09. The van der Waals surface area contributed by atoms with Crippen LogP contribution in [-0.2, 0) is 5.41 Å². The first-order valence-corrected chi connectivity index (χ1v) is 10.1. The van der Waals surface area contributed by atoms with Crippen molar-refractivity contribution in [2.24, 2.45) is 0 Å². The van der Waals surface area contributed by atoms with E-state index in [9.17, 15) is 14.7 Å². The van der Waals surface area contributed by atoms with Gasteiger partial charge in [-0.3, -0.25) is 9.59 Å². The van der Waals surface area contributed by atoms with Crippen LogP contribution in [0.15, 0.2) is 64.4 Å². The zero-order valence-electron chi connectivity index (χ0n) is 16.4. The van der Waals surface area contributed by atoms with Crippen LogP contribution in [0.1, 0.15) is 58.2 Å². The zero-order valence-corrected chi connectivity index (χ0v) is 17.3. The molecular formula is C24H21NO3S. The van der Waals surface area contributed by atoms with Crippen LogP contribution in [0.5, 0.6) is 5.75 Å². The lowest BCUT2D eigenvalue weighted by Gasteiger charge is -2.24. The van der Waals surface area contributed by atoms with Crippen molar-refractivity contribution in [1.82, 2.24) is 0 Å². The lowest BCUT2D eigenvalue weighted by molar-refractivity contribution is 0.0977. The Balaban J connectivity index is 1.87. The monoisotopic (exact) mass is 403 g/mol. The number of anilines is 1. The number of rotatable bonds is 2. The van der Waals surface area contributed by atoms with Gasteiger partial charge in [-0.25, -0.2) is 0 Å². The van der Waals surface area contributed by atoms with Gasteiger partial charge in [-0.15, -0.1) is 0 Å². The van der Waals surface area contributed by atoms with E-state index in [2.05, 4.69) is 26.8 Å². The van der Waals surface area contributed by atoms with Gasteiger partial charge in [-0.05, 0) is 23.1 Å². The average molecular weight is 404 g/mol. The molecule has 0 bridgehead atoms. The maximum Gasteiger partial charge on any atom is 0.198 e. The van der Waals surface area contributed by atoms with Gasteiger partial charge in [0.1, 0.15) is 5.75 Å². The van der Waals surface area contributed by atoms with E-state index in [0.29, 0.717) is 10.5 Å². The van der Waals surface area contributed by atoms with E-state index in [4.69, 9.17) is 5.73 Å². The molecule has 0 atom stereocenters. The number of hydrogen-bond acceptors (Lipinski definition) is 5. The largest absolute Gasteiger partial charge is 0.507 e. The Morgan fingerprint density at radius 3 is 2.00 bits per heavy atom. The molecule has 4 rings (SSSR count). The lowest BCUT2D eigenvalue weighted by Crippen LogP contribution is -2.22. The molecule has 0 fully saturated rings. The Bertz CT molecular complexity index is 1180. The summed E-state index contributed by atoms with van der Waals surface area (Å²) in [4.78, 5) is 27.6. The van der Waals surface area contributed by atoms with E-state index in [-0.39, 0.29) is 45.1 Å². The molecule has 0 saturated carbocycles. The molecule has 0 amide bonds. The predicted molar refractivity (Wildman–Crippen MR) is 115 cm³/mol. The van der Waals surface area contributed by atoms with Gasteiger partial charge >= 0.3 is 0 Å². The SMILES string of the molecule is CC(C)(C)c1ccccc1Sc1cc(O)c2c(c1N)C(=O)c1ccccc1C2=O. The summed E-state index contributed by atoms with van der Waals surface area (Å²) in [6.45, 7) is 6.37. The molecule has 3 aromatic carbocycles. The van der Waals surface area contributed by atoms with Crippen LogP contribution in [0.2, 0.25) is 0 Å². The second-order valence-corrected chi connectivity index (χ2v) is 9.19. The summed E-state index contributed by atoms with van der Waals surface area (Å²) < 4.78 is 0. The zero-order chi connectivity index (χ0) is 20.9. The number of nitrogen functional groups attached to an aromatic ring is 1. The number of ketones is 2. The van der Waals surface area contributed by atoms with Crippen molar-refractivity contribution in [1.29, 1.82) is 0 Å². The maximum absolute atomic E-state index is 13.1. The van der Waals surface area contributed by atoms with Gasteiger partial charge in [0, 0.05) is 20.9 Å². The van der Waals surface area contributed by atoms with Gasteiger partial charge in [0.2, 0.25) is 0 Å². The number of nitrogens with two attached hydrogens (primary N) is 1. The van der Waals surface area contributed by atoms with Gasteiger partial charge in [0.05, 0.1) is 16.8 Å². The first kappa shape index (κ1) is 19.3. The Morgan fingerprint density at radius 2 is 1.38 bits per heavy atom. The molecule has 3 N–H and O–H groups in total. The molecule has 29 heavy (non-hydrogen) atoms. The fourth-order valence-electron chi connectivity index (χ4n) is 3.65. The molecule has 0 aliphatic heterocycles. The number of fused-ring (bicyclic) bond motifs is 2. The summed E-state index contributed by atoms with van der Waals surface area (Å²) in [5.41, 5.74) is 8.33. The molecule has 146 valence electrons. The van der Waals surface area contributed by atoms with Crippen molar-refractivity contribution in [3.05, 3.63) is 82.4 Å². The molecular weight excluding hydrogens is 382 g/mol. The maximum atomic E-state index is 13.1. The smallest absolute Gasteiger partial charge is 0.198 e. The van der Waals surface area contributed by atoms with Crippen LogP contribution in [0.4, 0.5) is 5.69 Å². The molecule has 0 spiro atoms. The summed E-state index contributed by atoms with van der Waals surface area (Å²) in [5, 5.41) is 10.6. The van der Waals surface area contributed by atoms with E-state index in [1.54, 1.807) is 24.3 Å². The second kappa shape index (κ2) is 6.78. The lowest BCUT2D eigenvalue weighted by atomic mass is 9.83. The fraction of sp³-hybridized carbons (Fsp3) is 0.167. The molecule has 1 aliphatic rings. The van der Waals surface area contributed by atoms with E-state index < -0.39 is 0 Å². The molecule has 1 aliphatic carbocycles. The van der Waals surface area contributed by atoms with E-state index in [1.165, 1.54) is 17.8 Å². The van der Waals surface area contributed by atoms with E-state index >= 15 is 0 Å². The normalized spacial score (nSPS) is 13.2. The van der Waals surface area contributed by atoms with E-state index in [0.717, 1.165) is 10.5 Å². The molecule has 0 heterocycles. The summed E-state index contributed by atoms with van der Waals surface area (Å²) in [5.74, 6) is -0.946. The van der Waals surface area contributed by atoms with Crippen LogP contribution < -0.4 is 5.73 Å². The van der Waals surface area contributed by atoms with Crippen LogP contribution >= 0.6 is 11.8 Å². The number of aromatic hydroxyl groups is 1. The molecule has 3 aromatic rings. The predicted octanol–water partition coefficient (Wildman–Crippen LogP) is 5.20. The summed E-state index contributed by atoms with van der Waals surface area (Å²) in [6.07, 6.45) is 0. The molecule has 0 aromatic heterocycles. The van der Waals surface area contributed by atoms with Crippen LogP contribution in [-0.4, -0.2) is 16.7 Å². The number of carbonyl (C=O) groups is 2. The topological polar surface area (TPSA) is 80.4 Å². The van der Waals surface area contributed by atoms with Gasteiger partial charge < -0.3 is 10.8 Å². The Kier molecular flexibility index (Phi) is 4.50. The van der Waals surface area contributed by atoms with Gasteiger partial charge in [-0.2, -0.15) is 0 Å². The number of phenolic OH excluding ortho intramolecular Hbond substituents is 1. The third kappa shape index (κ3) is 3.12. The van der Waals surface area contributed by atoms with Crippen LogP contribution in [0.3, 0.4) is 0 Å². The van der Waals surface area contributed by atoms with Gasteiger partial charge in [0.15, 0.2) is 11.6 Å². The molecule has 4 nitrogen and oxygen atoms in total. The summed E-state index contributed by atoms with van der Waals surface area (Å²) in [7, 11) is 0. The Morgan fingerprint density at radius 1 is 0.828 bits per heavy atom. The minimum absolute atomic E-state index is 0.0142. The van der Waals surface area contributed by atoms with E-state index in [1.807, 2.05) is 18.2 Å².